The summed E-state index contributed by atoms with van der Waals surface area (Å²) in [5.74, 6) is 0. The molecule has 0 spiro atoms. The summed E-state index contributed by atoms with van der Waals surface area (Å²) in [7, 11) is 0. The Morgan fingerprint density at radius 1 is 0.324 bits per heavy atom. The maximum atomic E-state index is 2.64. The second-order valence-corrected chi connectivity index (χ2v) is 23.2. The van der Waals surface area contributed by atoms with Crippen molar-refractivity contribution >= 4 is 55.9 Å². The van der Waals surface area contributed by atoms with Crippen molar-refractivity contribution in [2.75, 3.05) is 9.80 Å². The number of aromatic nitrogens is 1. The lowest BCUT2D eigenvalue weighted by atomic mass is 9.68. The number of rotatable bonds is 8. The van der Waals surface area contributed by atoms with Crippen LogP contribution in [0.25, 0.3) is 49.7 Å². The fraction of sp³-hybridized carbons (Fsp3) is 0.206. The molecule has 0 atom stereocenters. The highest BCUT2D eigenvalue weighted by atomic mass is 15.1. The van der Waals surface area contributed by atoms with Crippen molar-refractivity contribution in [2.24, 2.45) is 0 Å². The largest absolute Gasteiger partial charge is 0.311 e. The number of anilines is 6. The SMILES string of the molecule is CC(C)(C)c1ccc(N(c2ccccc2)c2ccc(-c3cc4c5c(c3)c3cc(-c6ccc(N(c7ccccc7)c7ccc(C(C)(C)C)cc7)cc6)cc6c3n5-c3c(cccc3C6(C)C)C4(C)C)cc2)cc1. The second-order valence-electron chi connectivity index (χ2n) is 23.2. The molecule has 3 heteroatoms. The van der Waals surface area contributed by atoms with Gasteiger partial charge >= 0.3 is 0 Å². The van der Waals surface area contributed by atoms with Crippen LogP contribution in [0.1, 0.15) is 103 Å². The predicted octanol–water partition coefficient (Wildman–Crippen LogP) is 18.9. The van der Waals surface area contributed by atoms with E-state index in [9.17, 15) is 0 Å². The molecule has 0 saturated heterocycles. The molecule has 0 radical (unpaired) electrons. The summed E-state index contributed by atoms with van der Waals surface area (Å²) in [5.41, 5.74) is 23.6. The van der Waals surface area contributed by atoms with Crippen LogP contribution in [0.4, 0.5) is 34.1 Å². The zero-order valence-electron chi connectivity index (χ0n) is 42.9. The molecule has 350 valence electrons. The summed E-state index contributed by atoms with van der Waals surface area (Å²) in [5, 5.41) is 2.61. The highest BCUT2D eigenvalue weighted by Gasteiger charge is 2.43. The number of hydrogen-bond donors (Lipinski definition) is 0. The van der Waals surface area contributed by atoms with Gasteiger partial charge in [-0.15, -0.1) is 0 Å². The van der Waals surface area contributed by atoms with E-state index in [1.807, 2.05) is 0 Å². The van der Waals surface area contributed by atoms with Gasteiger partial charge in [0.2, 0.25) is 0 Å². The Balaban J connectivity index is 1.00. The van der Waals surface area contributed by atoms with E-state index in [0.717, 1.165) is 34.1 Å². The minimum Gasteiger partial charge on any atom is -0.311 e. The number of para-hydroxylation sites is 3. The average molecular weight is 922 g/mol. The molecule has 9 aromatic carbocycles. The minimum absolute atomic E-state index is 0.0808. The first kappa shape index (κ1) is 44.6. The summed E-state index contributed by atoms with van der Waals surface area (Å²) in [4.78, 5) is 4.73. The van der Waals surface area contributed by atoms with Crippen molar-refractivity contribution in [3.05, 3.63) is 234 Å². The second kappa shape index (κ2) is 16.0. The lowest BCUT2D eigenvalue weighted by Gasteiger charge is -2.42. The third kappa shape index (κ3) is 7.15. The first-order chi connectivity index (χ1) is 34.0. The Bertz CT molecular complexity index is 3420. The zero-order valence-corrected chi connectivity index (χ0v) is 42.9. The van der Waals surface area contributed by atoms with Crippen molar-refractivity contribution in [2.45, 2.75) is 90.9 Å². The smallest absolute Gasteiger partial charge is 0.0582 e. The van der Waals surface area contributed by atoms with E-state index in [2.05, 4.69) is 284 Å². The van der Waals surface area contributed by atoms with E-state index in [-0.39, 0.29) is 21.7 Å². The van der Waals surface area contributed by atoms with Crippen LogP contribution >= 0.6 is 0 Å². The molecule has 3 heterocycles. The molecular formula is C68H63N3. The van der Waals surface area contributed by atoms with Crippen LogP contribution in [0.3, 0.4) is 0 Å². The van der Waals surface area contributed by atoms with Gasteiger partial charge in [-0.1, -0.05) is 172 Å². The molecule has 71 heavy (non-hydrogen) atoms. The highest BCUT2D eigenvalue weighted by Crippen LogP contribution is 2.57. The van der Waals surface area contributed by atoms with E-state index in [1.54, 1.807) is 0 Å². The van der Waals surface area contributed by atoms with E-state index in [4.69, 9.17) is 0 Å². The van der Waals surface area contributed by atoms with Crippen molar-refractivity contribution in [1.82, 2.24) is 4.57 Å². The Hall–Kier alpha value is -7.62. The number of benzene rings is 9. The van der Waals surface area contributed by atoms with Crippen LogP contribution in [0.15, 0.2) is 200 Å². The summed E-state index contributed by atoms with van der Waals surface area (Å²) >= 11 is 0. The Morgan fingerprint density at radius 3 is 0.986 bits per heavy atom. The van der Waals surface area contributed by atoms with Gasteiger partial charge in [-0.25, -0.2) is 0 Å². The average Bonchev–Trinajstić information content (AvgIpc) is 3.70. The maximum Gasteiger partial charge on any atom is 0.0582 e. The molecule has 2 aliphatic rings. The van der Waals surface area contributed by atoms with Gasteiger partial charge in [0.15, 0.2) is 0 Å². The van der Waals surface area contributed by atoms with E-state index in [0.29, 0.717) is 0 Å². The number of nitrogens with zero attached hydrogens (tertiary/aromatic N) is 3. The zero-order chi connectivity index (χ0) is 49.2. The van der Waals surface area contributed by atoms with Crippen molar-refractivity contribution in [3.8, 4) is 27.9 Å². The standard InChI is InChI=1S/C68H63N3/c1-65(2,3)48-28-36-54(37-29-48)69(50-18-13-11-14-19-50)52-32-24-44(25-33-52)46-40-56-57-41-47(43-61-63(57)71-62(56)60(42-46)67(7,8)58-22-17-23-59(64(58)71)68(61,9)10)45-26-34-53(35-27-45)70(51-20-15-12-16-21-51)55-38-30-49(31-39-55)66(4,5)6/h11-43H,1-10H3. The Kier molecular flexibility index (Phi) is 10.0. The molecule has 0 fully saturated rings. The number of fused-ring (bicyclic) bond motifs is 1. The first-order valence-corrected chi connectivity index (χ1v) is 25.4. The van der Waals surface area contributed by atoms with Crippen LogP contribution in [0.5, 0.6) is 0 Å². The monoisotopic (exact) mass is 922 g/mol. The normalized spacial score (nSPS) is 14.3. The van der Waals surface area contributed by atoms with E-state index < -0.39 is 0 Å². The third-order valence-corrected chi connectivity index (χ3v) is 15.8. The summed E-state index contributed by atoms with van der Waals surface area (Å²) in [6.07, 6.45) is 0. The number of hydrogen-bond acceptors (Lipinski definition) is 2. The molecule has 3 nitrogen and oxygen atoms in total. The van der Waals surface area contributed by atoms with Gasteiger partial charge in [0.1, 0.15) is 0 Å². The predicted molar refractivity (Wildman–Crippen MR) is 303 cm³/mol. The molecule has 0 amide bonds. The topological polar surface area (TPSA) is 11.4 Å². The molecule has 0 unspecified atom stereocenters. The molecule has 0 bridgehead atoms. The molecular weight excluding hydrogens is 859 g/mol. The highest BCUT2D eigenvalue weighted by molar-refractivity contribution is 6.16. The van der Waals surface area contributed by atoms with Crippen LogP contribution in [-0.2, 0) is 21.7 Å². The Labute approximate surface area is 420 Å². The van der Waals surface area contributed by atoms with Gasteiger partial charge in [-0.3, -0.25) is 0 Å². The molecule has 0 aliphatic carbocycles. The van der Waals surface area contributed by atoms with Gasteiger partial charge in [0.25, 0.3) is 0 Å². The quantitative estimate of drug-likeness (QED) is 0.150. The van der Waals surface area contributed by atoms with Crippen LogP contribution in [-0.4, -0.2) is 4.57 Å². The van der Waals surface area contributed by atoms with E-state index in [1.165, 1.54) is 83.1 Å². The van der Waals surface area contributed by atoms with E-state index >= 15 is 0 Å². The van der Waals surface area contributed by atoms with Crippen LogP contribution in [0, 0.1) is 0 Å². The minimum atomic E-state index is -0.225. The summed E-state index contributed by atoms with van der Waals surface area (Å²) in [6.45, 7) is 23.4. The van der Waals surface area contributed by atoms with Gasteiger partial charge in [-0.05, 0) is 164 Å². The molecule has 0 N–H and O–H groups in total. The summed E-state index contributed by atoms with van der Waals surface area (Å²) < 4.78 is 2.64. The van der Waals surface area contributed by atoms with Crippen LogP contribution in [0.2, 0.25) is 0 Å². The summed E-state index contributed by atoms with van der Waals surface area (Å²) in [6, 6.07) is 75.0. The third-order valence-electron chi connectivity index (χ3n) is 15.8. The Morgan fingerprint density at radius 2 is 0.648 bits per heavy atom. The first-order valence-electron chi connectivity index (χ1n) is 25.4. The van der Waals surface area contributed by atoms with Gasteiger partial charge in [-0.2, -0.15) is 0 Å². The fourth-order valence-corrected chi connectivity index (χ4v) is 11.7. The van der Waals surface area contributed by atoms with Crippen molar-refractivity contribution in [3.63, 3.8) is 0 Å². The fourth-order valence-electron chi connectivity index (χ4n) is 11.7. The van der Waals surface area contributed by atoms with Gasteiger partial charge in [0.05, 0.1) is 16.7 Å². The maximum absolute atomic E-state index is 2.64. The van der Waals surface area contributed by atoms with Gasteiger partial charge in [0, 0.05) is 55.7 Å². The molecule has 0 saturated carbocycles. The molecule has 1 aromatic heterocycles. The van der Waals surface area contributed by atoms with Crippen molar-refractivity contribution < 1.29 is 0 Å². The van der Waals surface area contributed by atoms with Crippen LogP contribution < -0.4 is 9.80 Å². The van der Waals surface area contributed by atoms with Crippen molar-refractivity contribution in [1.29, 1.82) is 0 Å². The molecule has 12 rings (SSSR count). The molecule has 10 aromatic rings. The lowest BCUT2D eigenvalue weighted by molar-refractivity contribution is 0.590. The van der Waals surface area contributed by atoms with Gasteiger partial charge < -0.3 is 14.4 Å². The molecule has 2 aliphatic heterocycles. The lowest BCUT2D eigenvalue weighted by Crippen LogP contribution is -2.33.